The second-order valence-electron chi connectivity index (χ2n) is 33.9. The van der Waals surface area contributed by atoms with E-state index in [1.807, 2.05) is 0 Å². The SMILES string of the molecule is CC/C=C\C/C=C\C/C=C\C/C=C\C/C=C\CCCCCCCCCCCCCC(=O)OCC(COP(=O)(O)OCC(O)COP(=O)(O)OCC(O)COC(=O)CCCCCCCCCCCCCCCCCCCCC/C=C\C/C=C\C/C=C\C/C=C\CCCCC)OC(=O)CCCCCCCCCCCCC/C=C\C/C=C\C/C=C\C/C=C\CCCCC. The quantitative estimate of drug-likeness (QED) is 0.0146. The first-order valence-corrected chi connectivity index (χ1v) is 53.8. The molecule has 0 aliphatic heterocycles. The molecule has 0 bridgehead atoms. The van der Waals surface area contributed by atoms with Crippen molar-refractivity contribution in [1.29, 1.82) is 0 Å². The van der Waals surface area contributed by atoms with Gasteiger partial charge in [-0.1, -0.05) is 429 Å². The summed E-state index contributed by atoms with van der Waals surface area (Å²) in [5.41, 5.74) is 0. The normalized spacial score (nSPS) is 14.3. The second-order valence-corrected chi connectivity index (χ2v) is 36.8. The van der Waals surface area contributed by atoms with Crippen LogP contribution in [0.4, 0.5) is 0 Å². The highest BCUT2D eigenvalue weighted by atomic mass is 31.2. The van der Waals surface area contributed by atoms with Crippen LogP contribution in [0.15, 0.2) is 158 Å². The Morgan fingerprint density at radius 2 is 0.424 bits per heavy atom. The van der Waals surface area contributed by atoms with Crippen molar-refractivity contribution in [2.24, 2.45) is 0 Å². The summed E-state index contributed by atoms with van der Waals surface area (Å²) in [6.45, 7) is 2.58. The summed E-state index contributed by atoms with van der Waals surface area (Å²) in [5.74, 6) is -1.56. The van der Waals surface area contributed by atoms with E-state index in [-0.39, 0.29) is 19.3 Å². The highest BCUT2D eigenvalue weighted by Crippen LogP contribution is 2.45. The van der Waals surface area contributed by atoms with Crippen molar-refractivity contribution in [3.05, 3.63) is 158 Å². The lowest BCUT2D eigenvalue weighted by Crippen LogP contribution is -2.30. The lowest BCUT2D eigenvalue weighted by atomic mass is 10.0. The van der Waals surface area contributed by atoms with Gasteiger partial charge in [-0.05, 0) is 154 Å². The van der Waals surface area contributed by atoms with E-state index in [2.05, 4.69) is 179 Å². The molecule has 4 N–H and O–H groups in total. The molecule has 0 aromatic carbocycles. The molecule has 0 heterocycles. The topological polar surface area (TPSA) is 231 Å². The van der Waals surface area contributed by atoms with Crippen molar-refractivity contribution < 1.29 is 75.8 Å². The van der Waals surface area contributed by atoms with Crippen LogP contribution < -0.4 is 0 Å². The van der Waals surface area contributed by atoms with Gasteiger partial charge in [-0.2, -0.15) is 0 Å². The first-order valence-electron chi connectivity index (χ1n) is 50.8. The zero-order chi connectivity index (χ0) is 90.7. The number of rotatable bonds is 96. The molecule has 0 amide bonds. The fourth-order valence-electron chi connectivity index (χ4n) is 14.0. The largest absolute Gasteiger partial charge is 0.472 e. The number of esters is 3. The Labute approximate surface area is 765 Å². The van der Waals surface area contributed by atoms with E-state index in [9.17, 15) is 43.5 Å². The van der Waals surface area contributed by atoms with E-state index in [0.717, 1.165) is 154 Å². The van der Waals surface area contributed by atoms with E-state index in [1.54, 1.807) is 0 Å². The maximum atomic E-state index is 13.1. The molecular weight excluding hydrogens is 1600 g/mol. The number of aliphatic hydroxyl groups is 2. The summed E-state index contributed by atoms with van der Waals surface area (Å²) in [6.07, 6.45) is 127. The smallest absolute Gasteiger partial charge is 0.463 e. The van der Waals surface area contributed by atoms with Crippen LogP contribution in [-0.2, 0) is 55.8 Å². The van der Waals surface area contributed by atoms with Crippen LogP contribution in [-0.4, -0.2) is 95.9 Å². The van der Waals surface area contributed by atoms with E-state index < -0.39 is 91.5 Å². The fraction of sp³-hybridized carbons (Fsp3) is 0.729. The summed E-state index contributed by atoms with van der Waals surface area (Å²) < 4.78 is 61.7. The summed E-state index contributed by atoms with van der Waals surface area (Å²) in [5, 5.41) is 20.8. The molecule has 125 heavy (non-hydrogen) atoms. The van der Waals surface area contributed by atoms with Gasteiger partial charge < -0.3 is 34.2 Å². The van der Waals surface area contributed by atoms with Crippen molar-refractivity contribution in [3.8, 4) is 0 Å². The molecule has 0 fully saturated rings. The first kappa shape index (κ1) is 120. The van der Waals surface area contributed by atoms with Crippen LogP contribution in [0.25, 0.3) is 0 Å². The minimum atomic E-state index is -4.95. The highest BCUT2D eigenvalue weighted by molar-refractivity contribution is 7.47. The van der Waals surface area contributed by atoms with Gasteiger partial charge in [-0.3, -0.25) is 32.5 Å². The number of hydrogen-bond donors (Lipinski definition) is 4. The van der Waals surface area contributed by atoms with Gasteiger partial charge in [-0.25, -0.2) is 9.13 Å². The molecule has 0 rings (SSSR count). The second kappa shape index (κ2) is 98.2. The number of carbonyl (C=O) groups is 3. The maximum Gasteiger partial charge on any atom is 0.472 e. The number of hydrogen-bond acceptors (Lipinski definition) is 14. The summed E-state index contributed by atoms with van der Waals surface area (Å²) in [6, 6.07) is 0. The van der Waals surface area contributed by atoms with Crippen molar-refractivity contribution >= 4 is 33.6 Å². The van der Waals surface area contributed by atoms with Gasteiger partial charge in [0.2, 0.25) is 0 Å². The van der Waals surface area contributed by atoms with Gasteiger partial charge in [0.25, 0.3) is 0 Å². The Bertz CT molecular complexity index is 2900. The van der Waals surface area contributed by atoms with Crippen molar-refractivity contribution in [1.82, 2.24) is 0 Å². The lowest BCUT2D eigenvalue weighted by Gasteiger charge is -2.21. The molecule has 0 spiro atoms. The number of phosphoric ester groups is 2. The standard InChI is InChI=1S/C107H186O16P2/c1-4-7-10-13-16-19-22-25-28-31-34-37-40-43-46-47-48-49-50-51-52-53-56-58-60-63-66-69-72-75-78-81-84-87-90-93-105(110)117-96-102(108)97-119-124(113,114)120-98-103(109)99-121-125(115,116)122-101-104(123-107(112)95-92-89-86-83-80-77-74-71-68-65-62-59-55-45-42-39-36-33-30-27-24-21-18-15-12-9-6-3)100-118-106(111)94-91-88-85-82-79-76-73-70-67-64-61-57-54-44-41-38-35-32-29-26-23-20-17-14-11-8-5-2/h8,11,16-21,25-30,34-39,43-46,54-55,102-104,108-109H,4-7,9-10,12-15,22-24,31-33,40-42,47-53,56-101H2,1-3H3,(H,113,114)(H,115,116)/b11-8-,19-16-,20-17-,21-18-,28-25-,29-26-,30-27-,37-34-,38-35-,39-36-,46-43-,54-44-,55-45-. The average Bonchev–Trinajstić information content (AvgIpc) is 0.886. The summed E-state index contributed by atoms with van der Waals surface area (Å²) >= 11 is 0. The minimum absolute atomic E-state index is 0.0974. The number of allylic oxidation sites excluding steroid dienone is 26. The van der Waals surface area contributed by atoms with E-state index >= 15 is 0 Å². The zero-order valence-electron chi connectivity index (χ0n) is 79.7. The van der Waals surface area contributed by atoms with Crippen LogP contribution in [0.1, 0.15) is 445 Å². The van der Waals surface area contributed by atoms with Crippen molar-refractivity contribution in [2.75, 3.05) is 39.6 Å². The molecule has 0 saturated heterocycles. The van der Waals surface area contributed by atoms with Crippen LogP contribution in [0.5, 0.6) is 0 Å². The number of unbranched alkanes of at least 4 members (excludes halogenated alkanes) is 47. The first-order chi connectivity index (χ1) is 61.2. The average molecular weight is 1790 g/mol. The van der Waals surface area contributed by atoms with Gasteiger partial charge >= 0.3 is 33.6 Å². The monoisotopic (exact) mass is 1790 g/mol. The molecule has 0 saturated carbocycles. The molecular formula is C107H186O16P2. The number of aliphatic hydroxyl groups excluding tert-OH is 2. The molecule has 0 radical (unpaired) electrons. The minimum Gasteiger partial charge on any atom is -0.463 e. The molecule has 5 unspecified atom stereocenters. The third kappa shape index (κ3) is 99.6. The van der Waals surface area contributed by atoms with E-state index in [4.69, 9.17) is 32.3 Å². The maximum absolute atomic E-state index is 13.1. The van der Waals surface area contributed by atoms with Crippen molar-refractivity contribution in [2.45, 2.75) is 463 Å². The van der Waals surface area contributed by atoms with E-state index in [0.29, 0.717) is 19.3 Å². The molecule has 0 aromatic rings. The Kier molecular flexibility index (Phi) is 94.4. The Balaban J connectivity index is 4.57. The number of phosphoric acid groups is 2. The van der Waals surface area contributed by atoms with E-state index in [1.165, 1.54) is 231 Å². The molecule has 16 nitrogen and oxygen atoms in total. The molecule has 18 heteroatoms. The Morgan fingerprint density at radius 1 is 0.232 bits per heavy atom. The van der Waals surface area contributed by atoms with Crippen LogP contribution in [0.2, 0.25) is 0 Å². The third-order valence-corrected chi connectivity index (χ3v) is 23.6. The Hall–Kier alpha value is -4.83. The van der Waals surface area contributed by atoms with Gasteiger partial charge in [0.05, 0.1) is 26.4 Å². The molecule has 0 aliphatic rings. The number of carbonyl (C=O) groups excluding carboxylic acids is 3. The zero-order valence-corrected chi connectivity index (χ0v) is 81.5. The molecule has 0 aliphatic carbocycles. The van der Waals surface area contributed by atoms with Gasteiger partial charge in [0.15, 0.2) is 6.10 Å². The fourth-order valence-corrected chi connectivity index (χ4v) is 15.6. The predicted octanol–water partition coefficient (Wildman–Crippen LogP) is 32.0. The number of ether oxygens (including phenoxy) is 3. The van der Waals surface area contributed by atoms with Crippen LogP contribution in [0.3, 0.4) is 0 Å². The van der Waals surface area contributed by atoms with Crippen molar-refractivity contribution in [3.63, 3.8) is 0 Å². The third-order valence-electron chi connectivity index (χ3n) is 21.7. The lowest BCUT2D eigenvalue weighted by molar-refractivity contribution is -0.161. The molecule has 5 atom stereocenters. The summed E-state index contributed by atoms with van der Waals surface area (Å²) in [7, 11) is -9.82. The van der Waals surface area contributed by atoms with Gasteiger partial charge in [-0.15, -0.1) is 0 Å². The van der Waals surface area contributed by atoms with Crippen LogP contribution >= 0.6 is 15.6 Å². The highest BCUT2D eigenvalue weighted by Gasteiger charge is 2.30. The van der Waals surface area contributed by atoms with Gasteiger partial charge in [0, 0.05) is 19.3 Å². The van der Waals surface area contributed by atoms with Crippen LogP contribution in [0, 0.1) is 0 Å². The molecule has 0 aromatic heterocycles. The predicted molar refractivity (Wildman–Crippen MR) is 528 cm³/mol. The Morgan fingerprint density at radius 3 is 0.672 bits per heavy atom. The summed E-state index contributed by atoms with van der Waals surface area (Å²) in [4.78, 5) is 59.2. The van der Waals surface area contributed by atoms with Gasteiger partial charge in [0.1, 0.15) is 25.4 Å². The molecule has 720 valence electrons.